The molecule has 100 valence electrons. The zero-order chi connectivity index (χ0) is 13.7. The molecule has 0 saturated carbocycles. The zero-order valence-electron chi connectivity index (χ0n) is 11.1. The molecular weight excluding hydrogens is 256 g/mol. The van der Waals surface area contributed by atoms with Crippen molar-refractivity contribution in [1.29, 1.82) is 0 Å². The number of hydrogen-bond donors (Lipinski definition) is 1. The fourth-order valence-corrected chi connectivity index (χ4v) is 2.45. The Balaban J connectivity index is 2.13. The molecule has 0 aliphatic heterocycles. The summed E-state index contributed by atoms with van der Waals surface area (Å²) >= 11 is 6.13. The van der Waals surface area contributed by atoms with Gasteiger partial charge in [0.15, 0.2) is 0 Å². The lowest BCUT2D eigenvalue weighted by atomic mass is 9.98. The molecule has 0 amide bonds. The van der Waals surface area contributed by atoms with Gasteiger partial charge in [-0.2, -0.15) is 0 Å². The molecule has 1 atom stereocenters. The molecule has 0 aromatic heterocycles. The molecule has 0 radical (unpaired) electrons. The molecule has 2 aromatic carbocycles. The molecule has 0 saturated heterocycles. The number of aliphatic hydroxyl groups excluding tert-OH is 1. The predicted octanol–water partition coefficient (Wildman–Crippen LogP) is 4.57. The third-order valence-corrected chi connectivity index (χ3v) is 3.61. The van der Waals surface area contributed by atoms with Crippen LogP contribution in [0.2, 0.25) is 5.02 Å². The SMILES string of the molecule is CCCc1cccc(C(O)Cc2ccccc2Cl)c1. The minimum Gasteiger partial charge on any atom is -0.388 e. The van der Waals surface area contributed by atoms with Gasteiger partial charge < -0.3 is 5.11 Å². The van der Waals surface area contributed by atoms with E-state index in [4.69, 9.17) is 11.6 Å². The molecule has 0 fully saturated rings. The van der Waals surface area contributed by atoms with Crippen LogP contribution in [0.15, 0.2) is 48.5 Å². The molecule has 2 rings (SSSR count). The van der Waals surface area contributed by atoms with Crippen LogP contribution in [0.3, 0.4) is 0 Å². The number of halogens is 1. The standard InChI is InChI=1S/C17H19ClO/c1-2-6-13-7-5-9-15(11-13)17(19)12-14-8-3-4-10-16(14)18/h3-5,7-11,17,19H,2,6,12H2,1H3. The van der Waals surface area contributed by atoms with Crippen LogP contribution in [-0.2, 0) is 12.8 Å². The molecule has 0 spiro atoms. The van der Waals surface area contributed by atoms with E-state index < -0.39 is 6.10 Å². The third-order valence-electron chi connectivity index (χ3n) is 3.25. The molecule has 2 aromatic rings. The van der Waals surface area contributed by atoms with E-state index in [1.54, 1.807) is 0 Å². The lowest BCUT2D eigenvalue weighted by Gasteiger charge is -2.13. The largest absolute Gasteiger partial charge is 0.388 e. The maximum Gasteiger partial charge on any atom is 0.0831 e. The number of benzene rings is 2. The van der Waals surface area contributed by atoms with Gasteiger partial charge in [0, 0.05) is 11.4 Å². The Morgan fingerprint density at radius 1 is 1.11 bits per heavy atom. The van der Waals surface area contributed by atoms with E-state index in [0.717, 1.165) is 24.0 Å². The average molecular weight is 275 g/mol. The quantitative estimate of drug-likeness (QED) is 0.847. The van der Waals surface area contributed by atoms with Crippen LogP contribution in [0.4, 0.5) is 0 Å². The van der Waals surface area contributed by atoms with Crippen molar-refractivity contribution in [3.05, 3.63) is 70.2 Å². The minimum absolute atomic E-state index is 0.503. The first kappa shape index (κ1) is 14.1. The molecule has 0 aliphatic carbocycles. The van der Waals surface area contributed by atoms with Crippen LogP contribution in [0.1, 0.15) is 36.1 Å². The molecule has 0 aliphatic rings. The van der Waals surface area contributed by atoms with E-state index in [9.17, 15) is 5.11 Å². The van der Waals surface area contributed by atoms with Gasteiger partial charge in [0.2, 0.25) is 0 Å². The molecule has 1 N–H and O–H groups in total. The molecule has 0 heterocycles. The molecule has 0 bridgehead atoms. The Labute approximate surface area is 119 Å². The van der Waals surface area contributed by atoms with Crippen molar-refractivity contribution < 1.29 is 5.11 Å². The normalized spacial score (nSPS) is 12.4. The van der Waals surface area contributed by atoms with Crippen molar-refractivity contribution >= 4 is 11.6 Å². The second-order valence-corrected chi connectivity index (χ2v) is 5.21. The summed E-state index contributed by atoms with van der Waals surface area (Å²) in [6.07, 6.45) is 2.21. The van der Waals surface area contributed by atoms with E-state index in [1.807, 2.05) is 36.4 Å². The van der Waals surface area contributed by atoms with E-state index in [1.165, 1.54) is 5.56 Å². The summed E-state index contributed by atoms with van der Waals surface area (Å²) in [5.74, 6) is 0. The van der Waals surface area contributed by atoms with Crippen molar-refractivity contribution in [2.75, 3.05) is 0 Å². The van der Waals surface area contributed by atoms with Crippen molar-refractivity contribution in [2.24, 2.45) is 0 Å². The lowest BCUT2D eigenvalue weighted by molar-refractivity contribution is 0.178. The van der Waals surface area contributed by atoms with Gasteiger partial charge in [-0.3, -0.25) is 0 Å². The summed E-state index contributed by atoms with van der Waals surface area (Å²) in [6, 6.07) is 15.8. The van der Waals surface area contributed by atoms with Gasteiger partial charge >= 0.3 is 0 Å². The smallest absolute Gasteiger partial charge is 0.0831 e. The number of aryl methyl sites for hydroxylation is 1. The Bertz CT molecular complexity index is 536. The van der Waals surface area contributed by atoms with E-state index in [-0.39, 0.29) is 0 Å². The van der Waals surface area contributed by atoms with Crippen LogP contribution < -0.4 is 0 Å². The maximum absolute atomic E-state index is 10.3. The van der Waals surface area contributed by atoms with Crippen molar-refractivity contribution in [3.8, 4) is 0 Å². The van der Waals surface area contributed by atoms with Crippen molar-refractivity contribution in [2.45, 2.75) is 32.3 Å². The topological polar surface area (TPSA) is 20.2 Å². The van der Waals surface area contributed by atoms with Gasteiger partial charge in [-0.15, -0.1) is 0 Å². The van der Waals surface area contributed by atoms with E-state index in [2.05, 4.69) is 19.1 Å². The molecule has 1 unspecified atom stereocenters. The summed E-state index contributed by atoms with van der Waals surface area (Å²) in [7, 11) is 0. The number of aliphatic hydroxyl groups is 1. The Hall–Kier alpha value is -1.31. The summed E-state index contributed by atoms with van der Waals surface area (Å²) in [5.41, 5.74) is 3.22. The van der Waals surface area contributed by atoms with Gasteiger partial charge in [-0.1, -0.05) is 67.4 Å². The van der Waals surface area contributed by atoms with Gasteiger partial charge in [-0.05, 0) is 29.2 Å². The van der Waals surface area contributed by atoms with Crippen LogP contribution in [0, 0.1) is 0 Å². The zero-order valence-corrected chi connectivity index (χ0v) is 11.9. The predicted molar refractivity (Wildman–Crippen MR) is 80.6 cm³/mol. The second-order valence-electron chi connectivity index (χ2n) is 4.81. The number of hydrogen-bond acceptors (Lipinski definition) is 1. The highest BCUT2D eigenvalue weighted by atomic mass is 35.5. The molecular formula is C17H19ClO. The number of rotatable bonds is 5. The Morgan fingerprint density at radius 3 is 2.63 bits per heavy atom. The van der Waals surface area contributed by atoms with E-state index in [0.29, 0.717) is 11.4 Å². The highest BCUT2D eigenvalue weighted by Gasteiger charge is 2.11. The van der Waals surface area contributed by atoms with Gasteiger partial charge in [-0.25, -0.2) is 0 Å². The monoisotopic (exact) mass is 274 g/mol. The minimum atomic E-state index is -0.503. The Morgan fingerprint density at radius 2 is 1.89 bits per heavy atom. The average Bonchev–Trinajstić information content (AvgIpc) is 2.42. The summed E-state index contributed by atoms with van der Waals surface area (Å²) in [4.78, 5) is 0. The first-order valence-electron chi connectivity index (χ1n) is 6.71. The first-order chi connectivity index (χ1) is 9.20. The van der Waals surface area contributed by atoms with Crippen LogP contribution in [0.5, 0.6) is 0 Å². The van der Waals surface area contributed by atoms with Gasteiger partial charge in [0.25, 0.3) is 0 Å². The lowest BCUT2D eigenvalue weighted by Crippen LogP contribution is -2.03. The molecule has 19 heavy (non-hydrogen) atoms. The van der Waals surface area contributed by atoms with Crippen molar-refractivity contribution in [1.82, 2.24) is 0 Å². The van der Waals surface area contributed by atoms with Gasteiger partial charge in [0.1, 0.15) is 0 Å². The third kappa shape index (κ3) is 3.82. The molecule has 2 heteroatoms. The highest BCUT2D eigenvalue weighted by Crippen LogP contribution is 2.24. The van der Waals surface area contributed by atoms with Crippen molar-refractivity contribution in [3.63, 3.8) is 0 Å². The highest BCUT2D eigenvalue weighted by molar-refractivity contribution is 6.31. The van der Waals surface area contributed by atoms with E-state index >= 15 is 0 Å². The van der Waals surface area contributed by atoms with Crippen LogP contribution in [-0.4, -0.2) is 5.11 Å². The molecule has 1 nitrogen and oxygen atoms in total. The van der Waals surface area contributed by atoms with Gasteiger partial charge in [0.05, 0.1) is 6.10 Å². The first-order valence-corrected chi connectivity index (χ1v) is 7.09. The summed E-state index contributed by atoms with van der Waals surface area (Å²) < 4.78 is 0. The summed E-state index contributed by atoms with van der Waals surface area (Å²) in [5, 5.41) is 11.0. The summed E-state index contributed by atoms with van der Waals surface area (Å²) in [6.45, 7) is 2.16. The Kier molecular flexibility index (Phi) is 5.00. The fourth-order valence-electron chi connectivity index (χ4n) is 2.23. The van der Waals surface area contributed by atoms with Crippen LogP contribution in [0.25, 0.3) is 0 Å². The second kappa shape index (κ2) is 6.74. The van der Waals surface area contributed by atoms with Crippen LogP contribution >= 0.6 is 11.6 Å². The maximum atomic E-state index is 10.3. The fraction of sp³-hybridized carbons (Fsp3) is 0.294.